The van der Waals surface area contributed by atoms with Crippen LogP contribution in [-0.2, 0) is 46.1 Å². The molecule has 0 radical (unpaired) electrons. The first kappa shape index (κ1) is 29.9. The van der Waals surface area contributed by atoms with Crippen molar-refractivity contribution in [3.63, 3.8) is 0 Å². The third-order valence-corrected chi connectivity index (χ3v) is 4.67. The molecule has 2 rings (SSSR count). The lowest BCUT2D eigenvalue weighted by atomic mass is 10.1. The number of rotatable bonds is 14. The maximum atomic E-state index is 11.5. The summed E-state index contributed by atoms with van der Waals surface area (Å²) in [5.74, 6) is -1.08. The standard InChI is InChI=1S/C13H18O5.C12H16O5/c1-16-7-8-18-12(13(15)17-2)9-10-3-5-11(14)6-4-10;1-16-6-7-17-11(12(14)15)8-9-2-4-10(13)5-3-9/h3-6,12,14H,7-9H2,1-2H3;2-5,11,13H,6-8H2,1H3,(H,14,15). The topological polar surface area (TPSA) is 141 Å². The number of carbonyl (C=O) groups excluding carboxylic acids is 1. The van der Waals surface area contributed by atoms with E-state index in [1.165, 1.54) is 26.4 Å². The number of phenolic OH excluding ortho intramolecular Hbond substituents is 2. The zero-order chi connectivity index (χ0) is 26.1. The fraction of sp³-hybridized carbons (Fsp3) is 0.440. The van der Waals surface area contributed by atoms with Gasteiger partial charge in [-0.3, -0.25) is 0 Å². The van der Waals surface area contributed by atoms with Gasteiger partial charge in [-0.25, -0.2) is 9.59 Å². The molecule has 0 fully saturated rings. The number of benzene rings is 2. The van der Waals surface area contributed by atoms with Gasteiger partial charge < -0.3 is 39.0 Å². The summed E-state index contributed by atoms with van der Waals surface area (Å²) in [5.41, 5.74) is 1.69. The largest absolute Gasteiger partial charge is 0.508 e. The maximum absolute atomic E-state index is 11.5. The molecule has 2 aromatic rings. The van der Waals surface area contributed by atoms with Crippen LogP contribution in [0, 0.1) is 0 Å². The van der Waals surface area contributed by atoms with Gasteiger partial charge in [-0.2, -0.15) is 0 Å². The van der Waals surface area contributed by atoms with E-state index in [4.69, 9.17) is 29.2 Å². The Labute approximate surface area is 205 Å². The van der Waals surface area contributed by atoms with Gasteiger partial charge in [0.2, 0.25) is 0 Å². The molecule has 0 saturated heterocycles. The minimum atomic E-state index is -1.01. The van der Waals surface area contributed by atoms with Crippen molar-refractivity contribution in [2.24, 2.45) is 0 Å². The van der Waals surface area contributed by atoms with Crippen LogP contribution >= 0.6 is 0 Å². The summed E-state index contributed by atoms with van der Waals surface area (Å²) < 4.78 is 24.9. The van der Waals surface area contributed by atoms with E-state index >= 15 is 0 Å². The lowest BCUT2D eigenvalue weighted by molar-refractivity contribution is -0.154. The normalized spacial score (nSPS) is 12.2. The molecule has 0 bridgehead atoms. The van der Waals surface area contributed by atoms with Crippen molar-refractivity contribution in [3.8, 4) is 11.5 Å². The second kappa shape index (κ2) is 17.3. The predicted octanol–water partition coefficient (Wildman–Crippen LogP) is 2.19. The van der Waals surface area contributed by atoms with Gasteiger partial charge in [0, 0.05) is 27.1 Å². The number of esters is 1. The van der Waals surface area contributed by atoms with E-state index in [0.717, 1.165) is 11.1 Å². The fourth-order valence-corrected chi connectivity index (χ4v) is 2.80. The van der Waals surface area contributed by atoms with Crippen LogP contribution in [0.2, 0.25) is 0 Å². The Bertz CT molecular complexity index is 852. The summed E-state index contributed by atoms with van der Waals surface area (Å²) in [7, 11) is 4.42. The first-order valence-electron chi connectivity index (χ1n) is 10.9. The molecule has 194 valence electrons. The zero-order valence-corrected chi connectivity index (χ0v) is 20.2. The van der Waals surface area contributed by atoms with Crippen LogP contribution in [0.5, 0.6) is 11.5 Å². The van der Waals surface area contributed by atoms with Crippen molar-refractivity contribution < 1.29 is 48.6 Å². The molecule has 0 saturated carbocycles. The fourth-order valence-electron chi connectivity index (χ4n) is 2.80. The second-order valence-corrected chi connectivity index (χ2v) is 7.31. The van der Waals surface area contributed by atoms with E-state index in [2.05, 4.69) is 4.74 Å². The van der Waals surface area contributed by atoms with Gasteiger partial charge in [-0.15, -0.1) is 0 Å². The molecule has 10 heteroatoms. The van der Waals surface area contributed by atoms with E-state index in [1.54, 1.807) is 43.5 Å². The molecule has 2 atom stereocenters. The minimum Gasteiger partial charge on any atom is -0.508 e. The predicted molar refractivity (Wildman–Crippen MR) is 127 cm³/mol. The molecule has 2 aromatic carbocycles. The minimum absolute atomic E-state index is 0.154. The lowest BCUT2D eigenvalue weighted by Crippen LogP contribution is -2.29. The molecular weight excluding hydrogens is 460 g/mol. The Balaban J connectivity index is 0.000000351. The Hall–Kier alpha value is -3.18. The van der Waals surface area contributed by atoms with E-state index in [0.29, 0.717) is 26.2 Å². The Morgan fingerprint density at radius 1 is 0.686 bits per heavy atom. The van der Waals surface area contributed by atoms with Crippen molar-refractivity contribution >= 4 is 11.9 Å². The number of carboxylic acid groups (broad SMARTS) is 1. The number of methoxy groups -OCH3 is 3. The highest BCUT2D eigenvalue weighted by Crippen LogP contribution is 2.14. The summed E-state index contributed by atoms with van der Waals surface area (Å²) in [6, 6.07) is 13.0. The molecule has 0 aliphatic rings. The molecule has 0 aliphatic heterocycles. The maximum Gasteiger partial charge on any atom is 0.335 e. The Morgan fingerprint density at radius 2 is 1.09 bits per heavy atom. The van der Waals surface area contributed by atoms with E-state index in [9.17, 15) is 14.7 Å². The van der Waals surface area contributed by atoms with E-state index < -0.39 is 24.1 Å². The molecule has 2 unspecified atom stereocenters. The number of hydrogen-bond acceptors (Lipinski definition) is 9. The smallest absolute Gasteiger partial charge is 0.335 e. The van der Waals surface area contributed by atoms with Crippen molar-refractivity contribution in [3.05, 3.63) is 59.7 Å². The number of ether oxygens (including phenoxy) is 5. The van der Waals surface area contributed by atoms with Gasteiger partial charge in [0.1, 0.15) is 11.5 Å². The molecule has 0 aromatic heterocycles. The van der Waals surface area contributed by atoms with Crippen molar-refractivity contribution in [2.75, 3.05) is 47.8 Å². The number of hydrogen-bond donors (Lipinski definition) is 3. The summed E-state index contributed by atoms with van der Waals surface area (Å²) in [6.07, 6.45) is -0.889. The Kier molecular flexibility index (Phi) is 14.7. The number of aliphatic carboxylic acids is 1. The van der Waals surface area contributed by atoms with Gasteiger partial charge >= 0.3 is 11.9 Å². The van der Waals surface area contributed by atoms with Crippen LogP contribution in [0.1, 0.15) is 11.1 Å². The van der Waals surface area contributed by atoms with Gasteiger partial charge in [0.05, 0.1) is 33.5 Å². The molecular formula is C25H34O10. The third kappa shape index (κ3) is 12.7. The lowest BCUT2D eigenvalue weighted by Gasteiger charge is -2.15. The first-order chi connectivity index (χ1) is 16.8. The van der Waals surface area contributed by atoms with Crippen molar-refractivity contribution in [1.29, 1.82) is 0 Å². The van der Waals surface area contributed by atoms with Crippen LogP contribution in [0.4, 0.5) is 0 Å². The number of aromatic hydroxyl groups is 2. The first-order valence-corrected chi connectivity index (χ1v) is 10.9. The van der Waals surface area contributed by atoms with Gasteiger partial charge in [-0.1, -0.05) is 24.3 Å². The summed E-state index contributed by atoms with van der Waals surface area (Å²) >= 11 is 0. The average molecular weight is 495 g/mol. The van der Waals surface area contributed by atoms with Crippen LogP contribution < -0.4 is 0 Å². The highest BCUT2D eigenvalue weighted by molar-refractivity contribution is 5.75. The monoisotopic (exact) mass is 494 g/mol. The van der Waals surface area contributed by atoms with E-state index in [1.807, 2.05) is 0 Å². The summed E-state index contributed by atoms with van der Waals surface area (Å²) in [4.78, 5) is 22.5. The van der Waals surface area contributed by atoms with Crippen LogP contribution in [0.25, 0.3) is 0 Å². The van der Waals surface area contributed by atoms with Crippen molar-refractivity contribution in [1.82, 2.24) is 0 Å². The van der Waals surface area contributed by atoms with Gasteiger partial charge in [0.25, 0.3) is 0 Å². The Morgan fingerprint density at radius 3 is 1.46 bits per heavy atom. The van der Waals surface area contributed by atoms with Crippen LogP contribution in [0.3, 0.4) is 0 Å². The molecule has 0 amide bonds. The molecule has 0 heterocycles. The second-order valence-electron chi connectivity index (χ2n) is 7.31. The quantitative estimate of drug-likeness (QED) is 0.264. The van der Waals surface area contributed by atoms with Crippen LogP contribution in [-0.4, -0.2) is 87.2 Å². The van der Waals surface area contributed by atoms with Crippen LogP contribution in [0.15, 0.2) is 48.5 Å². The SMILES string of the molecule is COCCOC(Cc1ccc(O)cc1)C(=O)O.COCCOC(Cc1ccc(O)cc1)C(=O)OC. The highest BCUT2D eigenvalue weighted by Gasteiger charge is 2.20. The number of phenols is 2. The average Bonchev–Trinajstić information content (AvgIpc) is 2.85. The number of carboxylic acids is 1. The molecule has 3 N–H and O–H groups in total. The number of carbonyl (C=O) groups is 2. The molecule has 35 heavy (non-hydrogen) atoms. The molecule has 0 spiro atoms. The van der Waals surface area contributed by atoms with E-state index in [-0.39, 0.29) is 24.5 Å². The molecule has 10 nitrogen and oxygen atoms in total. The van der Waals surface area contributed by atoms with Crippen molar-refractivity contribution in [2.45, 2.75) is 25.0 Å². The summed E-state index contributed by atoms with van der Waals surface area (Å²) in [6.45, 7) is 1.35. The third-order valence-electron chi connectivity index (χ3n) is 4.67. The van der Waals surface area contributed by atoms with Gasteiger partial charge in [0.15, 0.2) is 12.2 Å². The van der Waals surface area contributed by atoms with Gasteiger partial charge in [-0.05, 0) is 35.4 Å². The highest BCUT2D eigenvalue weighted by atomic mass is 16.6. The molecule has 0 aliphatic carbocycles. The zero-order valence-electron chi connectivity index (χ0n) is 20.2. The summed E-state index contributed by atoms with van der Waals surface area (Å²) in [5, 5.41) is 27.3.